The molecule has 0 aliphatic heterocycles. The molecule has 1 heterocycles. The molecular formula is C12H16ClNO. The van der Waals surface area contributed by atoms with E-state index in [-0.39, 0.29) is 11.2 Å². The number of hydrogen-bond acceptors (Lipinski definition) is 2. The number of ketones is 1. The Balaban J connectivity index is 2.99. The van der Waals surface area contributed by atoms with E-state index >= 15 is 0 Å². The third-order valence-electron chi connectivity index (χ3n) is 2.49. The van der Waals surface area contributed by atoms with Gasteiger partial charge in [-0.3, -0.25) is 4.79 Å². The van der Waals surface area contributed by atoms with Gasteiger partial charge in [-0.05, 0) is 18.6 Å². The van der Waals surface area contributed by atoms with Crippen molar-refractivity contribution in [1.29, 1.82) is 0 Å². The van der Waals surface area contributed by atoms with Crippen LogP contribution in [0, 0.1) is 5.41 Å². The average Bonchev–Trinajstić information content (AvgIpc) is 2.17. The molecule has 0 amide bonds. The summed E-state index contributed by atoms with van der Waals surface area (Å²) in [4.78, 5) is 16.1. The number of halogens is 1. The molecule has 0 aliphatic rings. The first-order valence-electron chi connectivity index (χ1n) is 5.14. The van der Waals surface area contributed by atoms with Gasteiger partial charge in [0.05, 0.1) is 5.56 Å². The van der Waals surface area contributed by atoms with Crippen molar-refractivity contribution in [3.8, 4) is 0 Å². The predicted molar refractivity (Wildman–Crippen MR) is 62.3 cm³/mol. The van der Waals surface area contributed by atoms with E-state index < -0.39 is 0 Å². The summed E-state index contributed by atoms with van der Waals surface area (Å²) in [5, 5.41) is 0.298. The van der Waals surface area contributed by atoms with Crippen LogP contribution in [0.5, 0.6) is 0 Å². The maximum Gasteiger partial charge on any atom is 0.171 e. The summed E-state index contributed by atoms with van der Waals surface area (Å²) in [5.41, 5.74) is 0.166. The molecule has 1 aromatic rings. The van der Waals surface area contributed by atoms with Crippen LogP contribution in [0.1, 0.15) is 44.0 Å². The van der Waals surface area contributed by atoms with Gasteiger partial charge in [-0.25, -0.2) is 4.98 Å². The number of hydrogen-bond donors (Lipinski definition) is 0. The molecule has 0 saturated carbocycles. The summed E-state index contributed by atoms with van der Waals surface area (Å²) in [7, 11) is 0. The van der Waals surface area contributed by atoms with Gasteiger partial charge in [-0.1, -0.05) is 38.8 Å². The second-order valence-electron chi connectivity index (χ2n) is 4.30. The standard InChI is InChI=1S/C12H16ClNO/c1-4-7-12(2,3)10(15)9-6-5-8-14-11(9)13/h5-6,8H,4,7H2,1-3H3. The molecule has 0 atom stereocenters. The zero-order valence-electron chi connectivity index (χ0n) is 9.38. The Morgan fingerprint density at radius 3 is 2.73 bits per heavy atom. The van der Waals surface area contributed by atoms with Crippen LogP contribution in [-0.2, 0) is 0 Å². The summed E-state index contributed by atoms with van der Waals surface area (Å²) in [5.74, 6) is 0.0717. The summed E-state index contributed by atoms with van der Waals surface area (Å²) in [6, 6.07) is 3.47. The van der Waals surface area contributed by atoms with Gasteiger partial charge in [0.1, 0.15) is 5.15 Å². The first-order valence-corrected chi connectivity index (χ1v) is 5.52. The highest BCUT2D eigenvalue weighted by Crippen LogP contribution is 2.29. The topological polar surface area (TPSA) is 30.0 Å². The molecule has 0 radical (unpaired) electrons. The lowest BCUT2D eigenvalue weighted by molar-refractivity contribution is 0.0825. The molecule has 82 valence electrons. The van der Waals surface area contributed by atoms with E-state index in [1.54, 1.807) is 18.3 Å². The minimum Gasteiger partial charge on any atom is -0.293 e. The number of Topliss-reactive ketones (excluding diaryl/α,β-unsaturated/α-hetero) is 1. The minimum atomic E-state index is -0.360. The Morgan fingerprint density at radius 2 is 2.20 bits per heavy atom. The first kappa shape index (κ1) is 12.2. The molecule has 0 bridgehead atoms. The van der Waals surface area contributed by atoms with Crippen molar-refractivity contribution >= 4 is 17.4 Å². The Kier molecular flexibility index (Phi) is 3.86. The quantitative estimate of drug-likeness (QED) is 0.577. The van der Waals surface area contributed by atoms with E-state index in [1.807, 2.05) is 13.8 Å². The van der Waals surface area contributed by atoms with Gasteiger partial charge in [-0.15, -0.1) is 0 Å². The summed E-state index contributed by atoms with van der Waals surface area (Å²) in [6.07, 6.45) is 3.43. The van der Waals surface area contributed by atoms with Crippen LogP contribution in [0.4, 0.5) is 0 Å². The molecule has 15 heavy (non-hydrogen) atoms. The molecule has 0 unspecified atom stereocenters. The zero-order valence-corrected chi connectivity index (χ0v) is 10.1. The molecule has 0 aliphatic carbocycles. The maximum absolute atomic E-state index is 12.2. The van der Waals surface area contributed by atoms with Crippen LogP contribution in [-0.4, -0.2) is 10.8 Å². The van der Waals surface area contributed by atoms with Gasteiger partial charge in [0.15, 0.2) is 5.78 Å². The predicted octanol–water partition coefficient (Wildman–Crippen LogP) is 3.74. The molecule has 1 aromatic heterocycles. The maximum atomic E-state index is 12.2. The Hall–Kier alpha value is -0.890. The monoisotopic (exact) mass is 225 g/mol. The lowest BCUT2D eigenvalue weighted by atomic mass is 9.81. The van der Waals surface area contributed by atoms with Gasteiger partial charge in [0, 0.05) is 11.6 Å². The Bertz CT molecular complexity index is 360. The van der Waals surface area contributed by atoms with Gasteiger partial charge in [0.2, 0.25) is 0 Å². The molecule has 0 saturated heterocycles. The third-order valence-corrected chi connectivity index (χ3v) is 2.79. The molecular weight excluding hydrogens is 210 g/mol. The number of carbonyl (C=O) groups is 1. The molecule has 3 heteroatoms. The largest absolute Gasteiger partial charge is 0.293 e. The van der Waals surface area contributed by atoms with E-state index in [9.17, 15) is 4.79 Å². The Labute approximate surface area is 95.7 Å². The smallest absolute Gasteiger partial charge is 0.171 e. The number of nitrogens with zero attached hydrogens (tertiary/aromatic N) is 1. The number of rotatable bonds is 4. The van der Waals surface area contributed by atoms with Crippen molar-refractivity contribution in [2.24, 2.45) is 5.41 Å². The number of aromatic nitrogens is 1. The molecule has 0 spiro atoms. The van der Waals surface area contributed by atoms with Crippen molar-refractivity contribution in [3.63, 3.8) is 0 Å². The van der Waals surface area contributed by atoms with E-state index in [2.05, 4.69) is 11.9 Å². The fraction of sp³-hybridized carbons (Fsp3) is 0.500. The lowest BCUT2D eigenvalue weighted by Crippen LogP contribution is -2.24. The highest BCUT2D eigenvalue weighted by atomic mass is 35.5. The second-order valence-corrected chi connectivity index (χ2v) is 4.66. The highest BCUT2D eigenvalue weighted by Gasteiger charge is 2.29. The van der Waals surface area contributed by atoms with Crippen molar-refractivity contribution in [1.82, 2.24) is 4.98 Å². The fourth-order valence-electron chi connectivity index (χ4n) is 1.66. The highest BCUT2D eigenvalue weighted by molar-refractivity contribution is 6.33. The third kappa shape index (κ3) is 2.78. The average molecular weight is 226 g/mol. The van der Waals surface area contributed by atoms with E-state index in [4.69, 9.17) is 11.6 Å². The minimum absolute atomic E-state index is 0.0717. The molecule has 2 nitrogen and oxygen atoms in total. The van der Waals surface area contributed by atoms with E-state index in [1.165, 1.54) is 0 Å². The molecule has 0 N–H and O–H groups in total. The summed E-state index contributed by atoms with van der Waals surface area (Å²) < 4.78 is 0. The van der Waals surface area contributed by atoms with Crippen molar-refractivity contribution in [3.05, 3.63) is 29.0 Å². The zero-order chi connectivity index (χ0) is 11.5. The van der Waals surface area contributed by atoms with Crippen LogP contribution in [0.2, 0.25) is 5.15 Å². The lowest BCUT2D eigenvalue weighted by Gasteiger charge is -2.22. The van der Waals surface area contributed by atoms with Crippen LogP contribution in [0.15, 0.2) is 18.3 Å². The molecule has 0 aromatic carbocycles. The van der Waals surface area contributed by atoms with Crippen molar-refractivity contribution in [2.45, 2.75) is 33.6 Å². The Morgan fingerprint density at radius 1 is 1.53 bits per heavy atom. The van der Waals surface area contributed by atoms with E-state index in [0.717, 1.165) is 12.8 Å². The number of carbonyl (C=O) groups excluding carboxylic acids is 1. The van der Waals surface area contributed by atoms with Crippen LogP contribution >= 0.6 is 11.6 Å². The SMILES string of the molecule is CCCC(C)(C)C(=O)c1cccnc1Cl. The first-order chi connectivity index (χ1) is 6.99. The second kappa shape index (κ2) is 4.75. The van der Waals surface area contributed by atoms with Gasteiger partial charge in [-0.2, -0.15) is 0 Å². The van der Waals surface area contributed by atoms with Crippen LogP contribution < -0.4 is 0 Å². The van der Waals surface area contributed by atoms with Crippen LogP contribution in [0.25, 0.3) is 0 Å². The van der Waals surface area contributed by atoms with Gasteiger partial charge in [0.25, 0.3) is 0 Å². The van der Waals surface area contributed by atoms with E-state index in [0.29, 0.717) is 10.7 Å². The van der Waals surface area contributed by atoms with Crippen LogP contribution in [0.3, 0.4) is 0 Å². The molecule has 0 fully saturated rings. The molecule has 1 rings (SSSR count). The summed E-state index contributed by atoms with van der Waals surface area (Å²) in [6.45, 7) is 5.96. The fourth-order valence-corrected chi connectivity index (χ4v) is 1.86. The number of pyridine rings is 1. The van der Waals surface area contributed by atoms with Crippen molar-refractivity contribution in [2.75, 3.05) is 0 Å². The van der Waals surface area contributed by atoms with Gasteiger partial charge >= 0.3 is 0 Å². The summed E-state index contributed by atoms with van der Waals surface area (Å²) >= 11 is 5.89. The normalized spacial score (nSPS) is 11.5. The van der Waals surface area contributed by atoms with Gasteiger partial charge < -0.3 is 0 Å². The van der Waals surface area contributed by atoms with Crippen molar-refractivity contribution < 1.29 is 4.79 Å².